The van der Waals surface area contributed by atoms with Crippen molar-refractivity contribution in [3.8, 4) is 27.9 Å². The Bertz CT molecular complexity index is 866. The quantitative estimate of drug-likeness (QED) is 0.567. The van der Waals surface area contributed by atoms with Crippen LogP contribution in [0.3, 0.4) is 0 Å². The Labute approximate surface area is 127 Å². The molecule has 4 nitrogen and oxygen atoms in total. The molecule has 4 heteroatoms. The second-order valence-electron chi connectivity index (χ2n) is 4.96. The molecule has 0 saturated carbocycles. The third-order valence-electron chi connectivity index (χ3n) is 3.61. The number of nitrogens with zero attached hydrogens (tertiary/aromatic N) is 3. The maximum atomic E-state index is 5.22. The number of benzene rings is 1. The van der Waals surface area contributed by atoms with Gasteiger partial charge in [0.2, 0.25) is 0 Å². The Balaban J connectivity index is 1.91. The first-order chi connectivity index (χ1) is 10.9. The number of furan rings is 1. The van der Waals surface area contributed by atoms with Gasteiger partial charge in [-0.25, -0.2) is 4.98 Å². The van der Waals surface area contributed by atoms with E-state index in [4.69, 9.17) is 4.42 Å². The summed E-state index contributed by atoms with van der Waals surface area (Å²) in [5, 5.41) is 0. The van der Waals surface area contributed by atoms with Crippen LogP contribution in [0.2, 0.25) is 0 Å². The third-order valence-corrected chi connectivity index (χ3v) is 3.61. The van der Waals surface area contributed by atoms with E-state index in [0.29, 0.717) is 0 Å². The van der Waals surface area contributed by atoms with Crippen LogP contribution in [0.25, 0.3) is 27.9 Å². The van der Waals surface area contributed by atoms with E-state index in [9.17, 15) is 0 Å². The van der Waals surface area contributed by atoms with E-state index in [2.05, 4.69) is 34.2 Å². The zero-order chi connectivity index (χ0) is 14.8. The summed E-state index contributed by atoms with van der Waals surface area (Å²) in [7, 11) is 0. The lowest BCUT2D eigenvalue weighted by molar-refractivity contribution is 0.568. The first-order valence-corrected chi connectivity index (χ1v) is 6.97. The molecule has 0 aliphatic carbocycles. The summed E-state index contributed by atoms with van der Waals surface area (Å²) in [5.41, 5.74) is 5.40. The molecule has 0 amide bonds. The number of rotatable bonds is 3. The Hall–Kier alpha value is -3.14. The molecule has 0 fully saturated rings. The molecule has 106 valence electrons. The third kappa shape index (κ3) is 2.20. The van der Waals surface area contributed by atoms with E-state index in [1.54, 1.807) is 31.2 Å². The Morgan fingerprint density at radius 3 is 2.64 bits per heavy atom. The molecule has 1 aromatic carbocycles. The molecule has 0 saturated heterocycles. The van der Waals surface area contributed by atoms with E-state index in [1.165, 1.54) is 0 Å². The highest BCUT2D eigenvalue weighted by Gasteiger charge is 2.10. The van der Waals surface area contributed by atoms with Crippen molar-refractivity contribution in [2.24, 2.45) is 0 Å². The van der Waals surface area contributed by atoms with Crippen LogP contribution in [0.5, 0.6) is 0 Å². The topological polar surface area (TPSA) is 43.9 Å². The van der Waals surface area contributed by atoms with Crippen LogP contribution in [-0.2, 0) is 0 Å². The van der Waals surface area contributed by atoms with Gasteiger partial charge in [-0.1, -0.05) is 18.2 Å². The van der Waals surface area contributed by atoms with Crippen LogP contribution in [-0.4, -0.2) is 14.5 Å². The second kappa shape index (κ2) is 5.33. The summed E-state index contributed by atoms with van der Waals surface area (Å²) in [6, 6.07) is 12.3. The maximum absolute atomic E-state index is 5.22. The van der Waals surface area contributed by atoms with Gasteiger partial charge in [-0.05, 0) is 23.8 Å². The van der Waals surface area contributed by atoms with Crippen molar-refractivity contribution >= 4 is 0 Å². The van der Waals surface area contributed by atoms with Crippen LogP contribution in [0.1, 0.15) is 0 Å². The lowest BCUT2D eigenvalue weighted by Crippen LogP contribution is -1.94. The molecule has 0 aliphatic heterocycles. The van der Waals surface area contributed by atoms with Gasteiger partial charge in [0.05, 0.1) is 24.5 Å². The summed E-state index contributed by atoms with van der Waals surface area (Å²) in [6.07, 6.45) is 12.6. The van der Waals surface area contributed by atoms with Crippen molar-refractivity contribution < 1.29 is 4.42 Å². The number of imidazole rings is 1. The van der Waals surface area contributed by atoms with Crippen molar-refractivity contribution in [1.82, 2.24) is 14.5 Å². The summed E-state index contributed by atoms with van der Waals surface area (Å²) in [4.78, 5) is 8.34. The first kappa shape index (κ1) is 12.6. The molecule has 0 N–H and O–H groups in total. The summed E-state index contributed by atoms with van der Waals surface area (Å²) in [6.45, 7) is 0. The SMILES string of the molecule is c1cncc(-c2ccc(-c3ccoc3)c(-n3ccnc3)c2)c1. The fourth-order valence-electron chi connectivity index (χ4n) is 2.52. The molecule has 4 aromatic rings. The van der Waals surface area contributed by atoms with Gasteiger partial charge in [0.25, 0.3) is 0 Å². The van der Waals surface area contributed by atoms with Crippen molar-refractivity contribution in [3.63, 3.8) is 0 Å². The molecule has 0 bridgehead atoms. The number of aromatic nitrogens is 3. The van der Waals surface area contributed by atoms with Gasteiger partial charge < -0.3 is 8.98 Å². The van der Waals surface area contributed by atoms with Gasteiger partial charge in [0.15, 0.2) is 0 Å². The van der Waals surface area contributed by atoms with Gasteiger partial charge in [-0.2, -0.15) is 0 Å². The standard InChI is InChI=1S/C18H13N3O/c1-2-15(11-19-6-1)14-3-4-17(16-5-9-22-12-16)18(10-14)21-8-7-20-13-21/h1-13H. The monoisotopic (exact) mass is 287 g/mol. The van der Waals surface area contributed by atoms with Gasteiger partial charge in [0, 0.05) is 41.5 Å². The minimum absolute atomic E-state index is 1.04. The molecule has 0 aliphatic rings. The van der Waals surface area contributed by atoms with Crippen molar-refractivity contribution in [2.45, 2.75) is 0 Å². The molecule has 4 rings (SSSR count). The highest BCUT2D eigenvalue weighted by molar-refractivity contribution is 5.77. The molecular formula is C18H13N3O. The fourth-order valence-corrected chi connectivity index (χ4v) is 2.52. The predicted molar refractivity (Wildman–Crippen MR) is 84.5 cm³/mol. The summed E-state index contributed by atoms with van der Waals surface area (Å²) >= 11 is 0. The zero-order valence-corrected chi connectivity index (χ0v) is 11.8. The smallest absolute Gasteiger partial charge is 0.0991 e. The minimum atomic E-state index is 1.04. The molecule has 0 atom stereocenters. The van der Waals surface area contributed by atoms with Crippen LogP contribution >= 0.6 is 0 Å². The van der Waals surface area contributed by atoms with Crippen LogP contribution in [0, 0.1) is 0 Å². The highest BCUT2D eigenvalue weighted by atomic mass is 16.3. The number of hydrogen-bond donors (Lipinski definition) is 0. The lowest BCUT2D eigenvalue weighted by atomic mass is 10.0. The number of pyridine rings is 1. The van der Waals surface area contributed by atoms with E-state index in [-0.39, 0.29) is 0 Å². The van der Waals surface area contributed by atoms with Gasteiger partial charge in [0.1, 0.15) is 0 Å². The van der Waals surface area contributed by atoms with Gasteiger partial charge >= 0.3 is 0 Å². The lowest BCUT2D eigenvalue weighted by Gasteiger charge is -2.11. The van der Waals surface area contributed by atoms with E-state index in [0.717, 1.165) is 27.9 Å². The molecular weight excluding hydrogens is 274 g/mol. The normalized spacial score (nSPS) is 10.7. The molecule has 0 radical (unpaired) electrons. The first-order valence-electron chi connectivity index (χ1n) is 6.97. The summed E-state index contributed by atoms with van der Waals surface area (Å²) < 4.78 is 7.22. The summed E-state index contributed by atoms with van der Waals surface area (Å²) in [5.74, 6) is 0. The molecule has 0 spiro atoms. The predicted octanol–water partition coefficient (Wildman–Crippen LogP) is 4.19. The van der Waals surface area contributed by atoms with Crippen LogP contribution < -0.4 is 0 Å². The average Bonchev–Trinajstić information content (AvgIpc) is 3.29. The molecule has 3 aromatic heterocycles. The number of hydrogen-bond acceptors (Lipinski definition) is 3. The van der Waals surface area contributed by atoms with Crippen molar-refractivity contribution in [3.05, 3.63) is 80.0 Å². The minimum Gasteiger partial charge on any atom is -0.472 e. The highest BCUT2D eigenvalue weighted by Crippen LogP contribution is 2.31. The zero-order valence-electron chi connectivity index (χ0n) is 11.8. The van der Waals surface area contributed by atoms with Crippen LogP contribution in [0.15, 0.2) is 84.5 Å². The van der Waals surface area contributed by atoms with Crippen molar-refractivity contribution in [2.75, 3.05) is 0 Å². The fraction of sp³-hybridized carbons (Fsp3) is 0. The van der Waals surface area contributed by atoms with E-state index < -0.39 is 0 Å². The molecule has 0 unspecified atom stereocenters. The van der Waals surface area contributed by atoms with Crippen LogP contribution in [0.4, 0.5) is 0 Å². The van der Waals surface area contributed by atoms with Gasteiger partial charge in [-0.3, -0.25) is 4.98 Å². The average molecular weight is 287 g/mol. The van der Waals surface area contributed by atoms with Gasteiger partial charge in [-0.15, -0.1) is 0 Å². The molecule has 3 heterocycles. The Morgan fingerprint density at radius 1 is 0.909 bits per heavy atom. The van der Waals surface area contributed by atoms with E-state index in [1.807, 2.05) is 29.1 Å². The molecule has 22 heavy (non-hydrogen) atoms. The largest absolute Gasteiger partial charge is 0.472 e. The second-order valence-corrected chi connectivity index (χ2v) is 4.96. The Kier molecular flexibility index (Phi) is 3.05. The maximum Gasteiger partial charge on any atom is 0.0991 e. The van der Waals surface area contributed by atoms with Crippen molar-refractivity contribution in [1.29, 1.82) is 0 Å². The Morgan fingerprint density at radius 2 is 1.91 bits per heavy atom. The van der Waals surface area contributed by atoms with E-state index >= 15 is 0 Å².